The maximum Gasteiger partial charge on any atom is 0.358 e. The van der Waals surface area contributed by atoms with Crippen molar-refractivity contribution < 1.29 is 14.3 Å². The molecule has 0 amide bonds. The summed E-state index contributed by atoms with van der Waals surface area (Å²) >= 11 is 0. The fraction of sp³-hybridized carbons (Fsp3) is 0.500. The lowest BCUT2D eigenvalue weighted by molar-refractivity contribution is 0.0688. The molecule has 72 valence electrons. The smallest absolute Gasteiger partial charge is 0.358 e. The Labute approximate surface area is 75.6 Å². The number of aromatic carboxylic acids is 1. The van der Waals surface area contributed by atoms with Crippen molar-refractivity contribution in [3.8, 4) is 0 Å². The summed E-state index contributed by atoms with van der Waals surface area (Å²) < 4.78 is 4.92. The lowest BCUT2D eigenvalue weighted by atomic mass is 10.1. The second-order valence-corrected chi connectivity index (χ2v) is 2.77. The predicted octanol–water partition coefficient (Wildman–Crippen LogP) is 1.17. The molecule has 3 N–H and O–H groups in total. The summed E-state index contributed by atoms with van der Waals surface area (Å²) in [6.07, 6.45) is 2.67. The summed E-state index contributed by atoms with van der Waals surface area (Å²) in [7, 11) is 0. The maximum atomic E-state index is 10.6. The minimum Gasteiger partial charge on any atom is -0.476 e. The molecule has 0 aliphatic carbocycles. The molecule has 1 aromatic rings. The van der Waals surface area contributed by atoms with Crippen LogP contribution < -0.4 is 5.73 Å². The minimum atomic E-state index is -1.10. The predicted molar refractivity (Wildman–Crippen MR) is 45.3 cm³/mol. The molecule has 5 heteroatoms. The highest BCUT2D eigenvalue weighted by atomic mass is 16.4. The van der Waals surface area contributed by atoms with Gasteiger partial charge in [-0.2, -0.15) is 0 Å². The van der Waals surface area contributed by atoms with E-state index in [-0.39, 0.29) is 17.5 Å². The Morgan fingerprint density at radius 2 is 2.54 bits per heavy atom. The number of carboxylic acids is 1. The molecule has 0 saturated carbocycles. The van der Waals surface area contributed by atoms with Gasteiger partial charge in [0, 0.05) is 0 Å². The third kappa shape index (κ3) is 2.06. The van der Waals surface area contributed by atoms with Crippen LogP contribution in [0.15, 0.2) is 10.8 Å². The zero-order valence-electron chi connectivity index (χ0n) is 7.36. The monoisotopic (exact) mass is 184 g/mol. The van der Waals surface area contributed by atoms with Crippen molar-refractivity contribution in [1.29, 1.82) is 0 Å². The van der Waals surface area contributed by atoms with E-state index in [9.17, 15) is 4.79 Å². The van der Waals surface area contributed by atoms with Crippen LogP contribution in [0.3, 0.4) is 0 Å². The molecule has 0 aliphatic rings. The average Bonchev–Trinajstić information content (AvgIpc) is 2.52. The van der Waals surface area contributed by atoms with E-state index in [0.29, 0.717) is 6.42 Å². The number of aromatic nitrogens is 1. The molecule has 0 saturated heterocycles. The second-order valence-electron chi connectivity index (χ2n) is 2.77. The van der Waals surface area contributed by atoms with Crippen LogP contribution >= 0.6 is 0 Å². The fourth-order valence-electron chi connectivity index (χ4n) is 1.12. The van der Waals surface area contributed by atoms with Crippen LogP contribution in [-0.2, 0) is 0 Å². The van der Waals surface area contributed by atoms with Crippen molar-refractivity contribution in [2.24, 2.45) is 5.73 Å². The summed E-state index contributed by atoms with van der Waals surface area (Å²) in [4.78, 5) is 14.2. The van der Waals surface area contributed by atoms with Crippen LogP contribution in [0, 0.1) is 0 Å². The molecule has 0 fully saturated rings. The van der Waals surface area contributed by atoms with Gasteiger partial charge >= 0.3 is 5.97 Å². The van der Waals surface area contributed by atoms with Crippen LogP contribution in [-0.4, -0.2) is 16.1 Å². The first-order valence-electron chi connectivity index (χ1n) is 4.09. The number of oxazole rings is 1. The first kappa shape index (κ1) is 9.73. The fourth-order valence-corrected chi connectivity index (χ4v) is 1.12. The van der Waals surface area contributed by atoms with Gasteiger partial charge in [0.05, 0.1) is 6.04 Å². The first-order valence-corrected chi connectivity index (χ1v) is 4.09. The lowest BCUT2D eigenvalue weighted by Gasteiger charge is -2.06. The van der Waals surface area contributed by atoms with Gasteiger partial charge in [-0.15, -0.1) is 0 Å². The molecule has 1 atom stereocenters. The molecule has 1 heterocycles. The van der Waals surface area contributed by atoms with E-state index in [4.69, 9.17) is 15.3 Å². The van der Waals surface area contributed by atoms with Crippen LogP contribution in [0.2, 0.25) is 0 Å². The van der Waals surface area contributed by atoms with Crippen molar-refractivity contribution in [1.82, 2.24) is 4.98 Å². The summed E-state index contributed by atoms with van der Waals surface area (Å²) in [5.41, 5.74) is 5.61. The van der Waals surface area contributed by atoms with E-state index in [1.165, 1.54) is 0 Å². The van der Waals surface area contributed by atoms with Gasteiger partial charge in [0.2, 0.25) is 0 Å². The van der Waals surface area contributed by atoms with E-state index in [1.807, 2.05) is 6.92 Å². The van der Waals surface area contributed by atoms with Gasteiger partial charge in [-0.25, -0.2) is 9.78 Å². The Kier molecular flexibility index (Phi) is 3.02. The van der Waals surface area contributed by atoms with Gasteiger partial charge in [0.15, 0.2) is 17.8 Å². The van der Waals surface area contributed by atoms with Gasteiger partial charge in [-0.3, -0.25) is 0 Å². The Balaban J connectivity index is 2.86. The highest BCUT2D eigenvalue weighted by Crippen LogP contribution is 2.18. The molecule has 0 unspecified atom stereocenters. The van der Waals surface area contributed by atoms with E-state index >= 15 is 0 Å². The number of hydrogen-bond donors (Lipinski definition) is 2. The molecule has 0 radical (unpaired) electrons. The molecular weight excluding hydrogens is 172 g/mol. The van der Waals surface area contributed by atoms with Crippen LogP contribution in [0.5, 0.6) is 0 Å². The Morgan fingerprint density at radius 3 is 3.08 bits per heavy atom. The first-order chi connectivity index (χ1) is 6.16. The van der Waals surface area contributed by atoms with Crippen LogP contribution in [0.25, 0.3) is 0 Å². The molecule has 5 nitrogen and oxygen atoms in total. The Morgan fingerprint density at radius 1 is 1.85 bits per heavy atom. The molecule has 0 aliphatic heterocycles. The van der Waals surface area contributed by atoms with Gasteiger partial charge in [0.25, 0.3) is 0 Å². The highest BCUT2D eigenvalue weighted by molar-refractivity contribution is 5.86. The number of carbonyl (C=O) groups is 1. The minimum absolute atomic E-state index is 0.0825. The molecule has 13 heavy (non-hydrogen) atoms. The van der Waals surface area contributed by atoms with Gasteiger partial charge < -0.3 is 15.3 Å². The zero-order chi connectivity index (χ0) is 9.84. The molecule has 1 aromatic heterocycles. The molecule has 0 spiro atoms. The van der Waals surface area contributed by atoms with Crippen molar-refractivity contribution in [3.05, 3.63) is 17.8 Å². The lowest BCUT2D eigenvalue weighted by Crippen LogP contribution is -2.13. The zero-order valence-corrected chi connectivity index (χ0v) is 7.36. The van der Waals surface area contributed by atoms with Gasteiger partial charge in [-0.05, 0) is 6.42 Å². The van der Waals surface area contributed by atoms with E-state index < -0.39 is 5.97 Å². The van der Waals surface area contributed by atoms with E-state index in [0.717, 1.165) is 12.8 Å². The number of nitrogens with two attached hydrogens (primary N) is 1. The van der Waals surface area contributed by atoms with Crippen molar-refractivity contribution >= 4 is 5.97 Å². The van der Waals surface area contributed by atoms with Gasteiger partial charge in [0.1, 0.15) is 0 Å². The van der Waals surface area contributed by atoms with Crippen molar-refractivity contribution in [2.45, 2.75) is 25.8 Å². The summed E-state index contributed by atoms with van der Waals surface area (Å²) in [6, 6.07) is -0.376. The number of rotatable bonds is 4. The Bertz CT molecular complexity index is 295. The molecule has 1 rings (SSSR count). The van der Waals surface area contributed by atoms with Gasteiger partial charge in [-0.1, -0.05) is 13.3 Å². The highest BCUT2D eigenvalue weighted by Gasteiger charge is 2.20. The number of carboxylic acid groups (broad SMARTS) is 1. The number of nitrogens with zero attached hydrogens (tertiary/aromatic N) is 1. The van der Waals surface area contributed by atoms with Crippen molar-refractivity contribution in [2.75, 3.05) is 0 Å². The molecule has 0 bridgehead atoms. The second kappa shape index (κ2) is 4.04. The van der Waals surface area contributed by atoms with E-state index in [2.05, 4.69) is 4.98 Å². The van der Waals surface area contributed by atoms with E-state index in [1.54, 1.807) is 0 Å². The number of hydrogen-bond acceptors (Lipinski definition) is 4. The quantitative estimate of drug-likeness (QED) is 0.733. The van der Waals surface area contributed by atoms with Crippen LogP contribution in [0.1, 0.15) is 42.1 Å². The summed E-state index contributed by atoms with van der Waals surface area (Å²) in [5, 5.41) is 8.69. The summed E-state index contributed by atoms with van der Waals surface area (Å²) in [6.45, 7) is 1.97. The average molecular weight is 184 g/mol. The largest absolute Gasteiger partial charge is 0.476 e. The third-order valence-electron chi connectivity index (χ3n) is 1.73. The normalized spacial score (nSPS) is 12.8. The maximum absolute atomic E-state index is 10.6. The van der Waals surface area contributed by atoms with Crippen molar-refractivity contribution in [3.63, 3.8) is 0 Å². The Hall–Kier alpha value is -1.36. The third-order valence-corrected chi connectivity index (χ3v) is 1.73. The summed E-state index contributed by atoms with van der Waals surface area (Å²) in [5.74, 6) is -0.843. The molecule has 0 aromatic carbocycles. The SMILES string of the molecule is CCC[C@H](N)c1ocnc1C(=O)O. The van der Waals surface area contributed by atoms with Crippen LogP contribution in [0.4, 0.5) is 0 Å². The standard InChI is InChI=1S/C8H12N2O3/c1-2-3-5(9)7-6(8(11)12)10-4-13-7/h4-5H,2-3,9H2,1H3,(H,11,12)/t5-/m0/s1. The topological polar surface area (TPSA) is 89.4 Å². The molecular formula is C8H12N2O3.